The maximum absolute atomic E-state index is 13.3. The van der Waals surface area contributed by atoms with Crippen LogP contribution in [-0.2, 0) is 76.3 Å². The molecule has 0 aromatic carbocycles. The van der Waals surface area contributed by atoms with Gasteiger partial charge in [-0.25, -0.2) is 70.4 Å². The van der Waals surface area contributed by atoms with Gasteiger partial charge in [0.25, 0.3) is 32.3 Å². The summed E-state index contributed by atoms with van der Waals surface area (Å²) in [6, 6.07) is 6.47. The van der Waals surface area contributed by atoms with Crippen molar-refractivity contribution in [3.63, 3.8) is 0 Å². The molecule has 6 aromatic rings. The van der Waals surface area contributed by atoms with Gasteiger partial charge in [0.15, 0.2) is 18.9 Å². The first-order valence-electron chi connectivity index (χ1n) is 37.6. The fourth-order valence-electron chi connectivity index (χ4n) is 7.84. The Labute approximate surface area is 898 Å². The smallest absolute Gasteiger partial charge is 1.00 e. The zero-order valence-electron chi connectivity index (χ0n) is 79.5. The van der Waals surface area contributed by atoms with Gasteiger partial charge in [-0.2, -0.15) is 16.8 Å². The van der Waals surface area contributed by atoms with E-state index in [1.807, 2.05) is 0 Å². The number of carbonyl (C=O) groups excluding carboxylic acids is 8. The number of H-pyrrole nitrogens is 1. The van der Waals surface area contributed by atoms with Gasteiger partial charge in [-0.15, -0.1) is 11.6 Å². The van der Waals surface area contributed by atoms with E-state index < -0.39 is 132 Å². The van der Waals surface area contributed by atoms with Crippen molar-refractivity contribution < 1.29 is 324 Å². The van der Waals surface area contributed by atoms with Crippen LogP contribution in [0, 0.1) is 34.9 Å². The Kier molecular flexibility index (Phi) is 74.2. The third-order valence-electron chi connectivity index (χ3n) is 12.7. The van der Waals surface area contributed by atoms with Crippen molar-refractivity contribution in [2.75, 3.05) is 52.4 Å². The first kappa shape index (κ1) is 134. The molecule has 129 heavy (non-hydrogen) atoms. The number of amides is 4. The Hall–Kier alpha value is -6.00. The number of hydrogen-bond donors (Lipinski definition) is 7. The van der Waals surface area contributed by atoms with Crippen LogP contribution in [-0.4, -0.2) is 220 Å². The van der Waals surface area contributed by atoms with Crippen molar-refractivity contribution in [3.05, 3.63) is 152 Å². The van der Waals surface area contributed by atoms with Crippen LogP contribution >= 0.6 is 11.6 Å². The average molecular weight is 2150 g/mol. The quantitative estimate of drug-likeness (QED) is 0.00582. The number of halogens is 7. The Balaban J connectivity index is -0.000000191. The molecule has 0 unspecified atom stereocenters. The number of methoxy groups -OCH3 is 1. The number of aromatic nitrogens is 6. The Morgan fingerprint density at radius 1 is 0.589 bits per heavy atom. The summed E-state index contributed by atoms with van der Waals surface area (Å²) in [5.41, 5.74) is -2.13. The van der Waals surface area contributed by atoms with Gasteiger partial charge in [0.1, 0.15) is 81.7 Å². The Bertz CT molecular complexity index is 4550. The van der Waals surface area contributed by atoms with E-state index in [-0.39, 0.29) is 299 Å². The monoisotopic (exact) mass is 2150 g/mol. The number of nitrogens with one attached hydrogen (secondary N) is 5. The molecule has 1 aliphatic heterocycles. The second-order valence-electron chi connectivity index (χ2n) is 28.8. The van der Waals surface area contributed by atoms with Crippen LogP contribution in [0.3, 0.4) is 0 Å². The first-order valence-corrected chi connectivity index (χ1v) is 40.8. The van der Waals surface area contributed by atoms with Crippen molar-refractivity contribution in [2.45, 2.75) is 210 Å². The van der Waals surface area contributed by atoms with Gasteiger partial charge in [0, 0.05) is 39.8 Å². The van der Waals surface area contributed by atoms with Crippen LogP contribution in [0.15, 0.2) is 78.4 Å². The van der Waals surface area contributed by atoms with Crippen LogP contribution in [0.5, 0.6) is 29.4 Å². The molecule has 38 nitrogen and oxygen atoms in total. The van der Waals surface area contributed by atoms with Gasteiger partial charge in [-0.1, -0.05) is 13.8 Å². The number of nitrogens with zero attached hydrogens (tertiary/aromatic N) is 5. The first-order chi connectivity index (χ1) is 58.4. The molecule has 7 rings (SSSR count). The molecular formula is C78H114BClCs2F6N10NaO28S2. The molecule has 0 saturated carbocycles. The zero-order valence-corrected chi connectivity index (χ0v) is 93.4. The summed E-state index contributed by atoms with van der Waals surface area (Å²) in [6.07, 6.45) is 4.51. The number of aldehydes is 3. The molecule has 5 atom stereocenters. The molecule has 7 heterocycles. The van der Waals surface area contributed by atoms with Gasteiger partial charge < -0.3 is 92.1 Å². The number of alkyl halides is 1. The minimum atomic E-state index is -3.70. The molecule has 51 heteroatoms. The standard InChI is InChI=1S/C15H23FN2O6S.C14H20ClFN2O3.C14H21FN2O4.C14H19FN2O4.C7H6FNO2.C6H4FNO2.C4H8O3S.C2H6.CH2O3.CH4O.B.2Cs.Na.2H/c1-10(7-18-14(19)24-15(2,3)4)23-13-11(6-12(16)8-17-13)9-22-25(5,20)21;1-9(7-18-13(19)21-14(2,3)4)20-12-10(6-15)5-11(16)8-17-12;2*1-9(6-17-13(19)21-14(2,3)4)20-12-10(8-18)5-11(15)7-16-12;1-11-7-5(4-10)2-6(8)3-9-7;7-5-1-4(3-9)6(10)8-2-5;1-4-2-3-8(5,6)7-4;1-2;2-1-4-3;1-2;;;;;;/h6,8,10H,7,9H2,1-5H3,(H,18,19);5,8-9H,6-7H2,1-4H3,(H,18,19);5,7,9,18H,6,8H2,1-4H3,(H,17,19);5,7-9H,6H2,1-4H3,(H,17,19);2-4H,1H3;1-3H,(H,8,10);4H,2-3H2,1H3;1-2H3;1,3H;2H,1H3;;;;;;/q;;;;;;;;;;;3*+1;2*-1/p-1/t10-;3*9-;;;4-;;;;;;;;;/m0000..1........./s1/i;;;;;;;1D;;;;;;;;. The summed E-state index contributed by atoms with van der Waals surface area (Å²) < 4.78 is 182. The molecule has 6 aromatic heterocycles. The maximum atomic E-state index is 13.3. The molecule has 0 bridgehead atoms. The van der Waals surface area contributed by atoms with Crippen molar-refractivity contribution in [2.24, 2.45) is 0 Å². The van der Waals surface area contributed by atoms with Crippen LogP contribution in [0.25, 0.3) is 0 Å². The van der Waals surface area contributed by atoms with Crippen molar-refractivity contribution in [1.82, 2.24) is 51.2 Å². The van der Waals surface area contributed by atoms with E-state index >= 15 is 0 Å². The van der Waals surface area contributed by atoms with Gasteiger partial charge in [0.05, 0.1) is 118 Å². The van der Waals surface area contributed by atoms with Crippen LogP contribution in [0.2, 0.25) is 0 Å². The number of hydrogen-bond acceptors (Lipinski definition) is 33. The van der Waals surface area contributed by atoms with Crippen molar-refractivity contribution in [1.29, 1.82) is 0 Å². The Morgan fingerprint density at radius 3 is 1.15 bits per heavy atom. The second kappa shape index (κ2) is 71.6. The third kappa shape index (κ3) is 70.4. The minimum Gasteiger partial charge on any atom is -1.00 e. The number of aromatic amines is 1. The number of pyridine rings is 6. The van der Waals surface area contributed by atoms with E-state index in [9.17, 15) is 81.5 Å². The second-order valence-corrected chi connectivity index (χ2v) is 32.4. The molecule has 0 spiro atoms. The molecule has 4 amide bonds. The van der Waals surface area contributed by atoms with Crippen molar-refractivity contribution >= 4 is 90.0 Å². The maximum Gasteiger partial charge on any atom is 1.00 e. The third-order valence-corrected chi connectivity index (χ3v) is 14.9. The summed E-state index contributed by atoms with van der Waals surface area (Å²) in [5, 5.41) is 34.8. The minimum absolute atomic E-state index is 0. The Morgan fingerprint density at radius 2 is 0.876 bits per heavy atom. The largest absolute Gasteiger partial charge is 1.00 e. The summed E-state index contributed by atoms with van der Waals surface area (Å²) in [5.74, 6) is -2.63. The fraction of sp³-hybridized carbons (Fsp3) is 0.513. The van der Waals surface area contributed by atoms with E-state index in [4.69, 9.17) is 71.1 Å². The van der Waals surface area contributed by atoms with E-state index in [0.717, 1.165) is 80.9 Å². The van der Waals surface area contributed by atoms with E-state index in [1.165, 1.54) is 13.2 Å². The summed E-state index contributed by atoms with van der Waals surface area (Å²) >= 11 is 5.71. The summed E-state index contributed by atoms with van der Waals surface area (Å²) in [6.45, 7) is 31.7. The van der Waals surface area contributed by atoms with Gasteiger partial charge in [-0.05, 0) is 161 Å². The normalized spacial score (nSPS) is 12.8. The molecule has 1 saturated heterocycles. The molecule has 7 N–H and O–H groups in total. The SMILES string of the molecule is CO.COc1ncc(F)cc1C=O.C[C@@H](CNC(=O)OC(C)(C)C)Oc1ncc(F)cc1C=O.C[C@@H](CNC(=O)OC(C)(C)C)Oc1ncc(F)cc1CCl.C[C@@H](CNC(=O)OC(C)(C)C)Oc1ncc(F)cc1CO.C[C@@H](CNC(=O)OC(C)(C)C)Oc1ncc(F)cc1COS(C)(=O)=O.C[C@@H]1CCS(=O)(=O)O1.O=CO[O-].O=Cc1cc(F)c[nH]c1=O.[2H]CC.[B].[Cs+].[Cs+].[H-].[H-].[Na+]. The van der Waals surface area contributed by atoms with Crippen molar-refractivity contribution in [3.8, 4) is 29.4 Å². The predicted octanol–water partition coefficient (Wildman–Crippen LogP) is 0.989. The van der Waals surface area contributed by atoms with Crippen LogP contribution in [0.4, 0.5) is 45.5 Å². The number of carbonyl (C=O) groups is 8. The topological polar surface area (TPSA) is 525 Å². The van der Waals surface area contributed by atoms with E-state index in [0.29, 0.717) is 37.7 Å². The molecule has 3 radical (unpaired) electrons. The van der Waals surface area contributed by atoms with Crippen LogP contribution < -0.4 is 223 Å². The number of ether oxygens (including phenoxy) is 9. The molecule has 0 aliphatic carbocycles. The molecule has 1 fully saturated rings. The fourth-order valence-corrected chi connectivity index (χ4v) is 9.69. The molecule has 711 valence electrons. The number of rotatable bonds is 26. The van der Waals surface area contributed by atoms with Gasteiger partial charge in [-0.3, -0.25) is 32.3 Å². The number of alkyl carbamates (subject to hydrolysis) is 4. The summed E-state index contributed by atoms with van der Waals surface area (Å²) in [7, 11) is -4.43. The van der Waals surface area contributed by atoms with Gasteiger partial charge >= 0.3 is 192 Å². The zero-order chi connectivity index (χ0) is 97.5. The number of aliphatic hydroxyl groups excluding tert-OH is 2. The molecule has 1 aliphatic rings. The summed E-state index contributed by atoms with van der Waals surface area (Å²) in [4.78, 5) is 120. The van der Waals surface area contributed by atoms with E-state index in [1.54, 1.807) is 125 Å². The predicted molar refractivity (Wildman–Crippen MR) is 447 cm³/mol. The van der Waals surface area contributed by atoms with Crippen LogP contribution in [0.1, 0.15) is 190 Å². The molecular weight excluding hydrogens is 2040 g/mol. The van der Waals surface area contributed by atoms with E-state index in [2.05, 4.69) is 69.2 Å². The average Bonchev–Trinajstić information content (AvgIpc) is 1.19. The number of aliphatic hydroxyl groups is 2. The van der Waals surface area contributed by atoms with Gasteiger partial charge in [0.2, 0.25) is 29.4 Å².